The molecule has 0 saturated heterocycles. The summed E-state index contributed by atoms with van der Waals surface area (Å²) in [6, 6.07) is 29.4. The third-order valence-electron chi connectivity index (χ3n) is 5.94. The molecule has 0 radical (unpaired) electrons. The Hall–Kier alpha value is -4.37. The summed E-state index contributed by atoms with van der Waals surface area (Å²) in [4.78, 5) is 4.76. The highest BCUT2D eigenvalue weighted by Crippen LogP contribution is 2.36. The number of fused-ring (bicyclic) bond motifs is 3. The van der Waals surface area contributed by atoms with Gasteiger partial charge in [-0.1, -0.05) is 78.9 Å². The Bertz CT molecular complexity index is 1560. The van der Waals surface area contributed by atoms with Gasteiger partial charge in [-0.05, 0) is 30.2 Å². The average Bonchev–Trinajstić information content (AvgIpc) is 3.26. The number of para-hydroxylation sites is 2. The summed E-state index contributed by atoms with van der Waals surface area (Å²) in [5, 5.41) is 11.8. The minimum absolute atomic E-state index is 0.0627. The maximum Gasteiger partial charge on any atom is 0.416 e. The number of halogens is 3. The lowest BCUT2D eigenvalue weighted by atomic mass is 9.96. The van der Waals surface area contributed by atoms with Crippen LogP contribution in [0.3, 0.4) is 0 Å². The van der Waals surface area contributed by atoms with Gasteiger partial charge in [-0.2, -0.15) is 18.4 Å². The van der Waals surface area contributed by atoms with Crippen molar-refractivity contribution in [3.8, 4) is 6.07 Å². The van der Waals surface area contributed by atoms with Crippen molar-refractivity contribution in [2.24, 2.45) is 4.99 Å². The zero-order valence-electron chi connectivity index (χ0n) is 18.5. The second kappa shape index (κ2) is 9.11. The molecule has 172 valence electrons. The Kier molecular flexibility index (Phi) is 5.84. The monoisotopic (exact) mass is 468 g/mol. The van der Waals surface area contributed by atoms with Crippen molar-refractivity contribution in [3.63, 3.8) is 0 Å². The van der Waals surface area contributed by atoms with E-state index in [-0.39, 0.29) is 5.71 Å². The summed E-state index contributed by atoms with van der Waals surface area (Å²) in [6.07, 6.45) is -3.96. The van der Waals surface area contributed by atoms with Crippen LogP contribution in [-0.4, -0.2) is 5.71 Å². The van der Waals surface area contributed by atoms with Crippen LogP contribution in [0.2, 0.25) is 0 Å². The summed E-state index contributed by atoms with van der Waals surface area (Å²) >= 11 is 0. The average molecular weight is 468 g/mol. The van der Waals surface area contributed by atoms with Gasteiger partial charge in [-0.3, -0.25) is 4.99 Å². The van der Waals surface area contributed by atoms with Crippen LogP contribution in [0, 0.1) is 11.3 Å². The molecule has 1 atom stereocenters. The minimum Gasteiger partial charge on any atom is -0.456 e. The van der Waals surface area contributed by atoms with Crippen LogP contribution in [0.15, 0.2) is 106 Å². The first-order chi connectivity index (χ1) is 16.9. The van der Waals surface area contributed by atoms with Gasteiger partial charge < -0.3 is 4.42 Å². The van der Waals surface area contributed by atoms with Crippen LogP contribution in [0.5, 0.6) is 0 Å². The number of aliphatic imine (C=N–C) groups is 1. The zero-order valence-corrected chi connectivity index (χ0v) is 18.5. The van der Waals surface area contributed by atoms with E-state index in [0.29, 0.717) is 17.6 Å². The Balaban J connectivity index is 1.64. The predicted octanol–water partition coefficient (Wildman–Crippen LogP) is 7.90. The number of benzene rings is 4. The van der Waals surface area contributed by atoms with Gasteiger partial charge in [0.15, 0.2) is 0 Å². The first kappa shape index (κ1) is 22.4. The molecule has 0 amide bonds. The summed E-state index contributed by atoms with van der Waals surface area (Å²) in [7, 11) is 0. The third kappa shape index (κ3) is 4.53. The van der Waals surface area contributed by atoms with E-state index in [0.717, 1.165) is 39.6 Å². The van der Waals surface area contributed by atoms with Gasteiger partial charge in [0.05, 0.1) is 11.6 Å². The van der Waals surface area contributed by atoms with Gasteiger partial charge >= 0.3 is 6.18 Å². The molecular formula is C29H19F3N2O. The molecule has 0 spiro atoms. The lowest BCUT2D eigenvalue weighted by Gasteiger charge is -2.15. The van der Waals surface area contributed by atoms with Crippen molar-refractivity contribution in [1.29, 1.82) is 5.26 Å². The second-order valence-corrected chi connectivity index (χ2v) is 8.19. The molecular weight excluding hydrogens is 449 g/mol. The fourth-order valence-corrected chi connectivity index (χ4v) is 4.23. The fourth-order valence-electron chi connectivity index (χ4n) is 4.23. The van der Waals surface area contributed by atoms with Crippen molar-refractivity contribution in [3.05, 3.63) is 119 Å². The standard InChI is InChI=1S/C29H19F3N2O/c30-29(31,32)21-15-13-20(14-16-21)26(18-33)34-25(17-19-7-2-1-3-8-19)24-11-6-10-23-22-9-4-5-12-27(22)35-28(23)24/h1-16,25H,17H2/t25-/m1/s1. The Morgan fingerprint density at radius 3 is 2.23 bits per heavy atom. The van der Waals surface area contributed by atoms with E-state index in [2.05, 4.69) is 6.07 Å². The smallest absolute Gasteiger partial charge is 0.416 e. The Labute approximate surface area is 199 Å². The molecule has 5 aromatic rings. The summed E-state index contributed by atoms with van der Waals surface area (Å²) in [5.74, 6) is 0. The van der Waals surface area contributed by atoms with Crippen molar-refractivity contribution in [2.75, 3.05) is 0 Å². The first-order valence-corrected chi connectivity index (χ1v) is 11.0. The number of hydrogen-bond donors (Lipinski definition) is 0. The number of nitriles is 1. The van der Waals surface area contributed by atoms with Gasteiger partial charge in [0.25, 0.3) is 0 Å². The number of hydrogen-bond acceptors (Lipinski definition) is 3. The molecule has 0 fully saturated rings. The highest BCUT2D eigenvalue weighted by Gasteiger charge is 2.30. The molecule has 0 aliphatic rings. The van der Waals surface area contributed by atoms with E-state index in [4.69, 9.17) is 9.41 Å². The van der Waals surface area contributed by atoms with Gasteiger partial charge in [0, 0.05) is 21.9 Å². The van der Waals surface area contributed by atoms with Crippen LogP contribution in [0.1, 0.15) is 28.3 Å². The lowest BCUT2D eigenvalue weighted by molar-refractivity contribution is -0.137. The number of alkyl halides is 3. The molecule has 1 heterocycles. The van der Waals surface area contributed by atoms with E-state index in [9.17, 15) is 18.4 Å². The van der Waals surface area contributed by atoms with Crippen LogP contribution in [0.25, 0.3) is 21.9 Å². The maximum atomic E-state index is 13.0. The fraction of sp³-hybridized carbons (Fsp3) is 0.103. The topological polar surface area (TPSA) is 49.3 Å². The van der Waals surface area contributed by atoms with Crippen molar-refractivity contribution >= 4 is 27.7 Å². The first-order valence-electron chi connectivity index (χ1n) is 11.0. The summed E-state index contributed by atoms with van der Waals surface area (Å²) in [6.45, 7) is 0. The van der Waals surface area contributed by atoms with Gasteiger partial charge in [0.2, 0.25) is 0 Å². The van der Waals surface area contributed by atoms with Crippen molar-refractivity contribution in [1.82, 2.24) is 0 Å². The van der Waals surface area contributed by atoms with E-state index < -0.39 is 17.8 Å². The van der Waals surface area contributed by atoms with Crippen LogP contribution >= 0.6 is 0 Å². The van der Waals surface area contributed by atoms with E-state index in [1.807, 2.05) is 72.8 Å². The molecule has 0 saturated carbocycles. The number of furan rings is 1. The van der Waals surface area contributed by atoms with Gasteiger partial charge in [0.1, 0.15) is 22.9 Å². The zero-order chi connectivity index (χ0) is 24.4. The second-order valence-electron chi connectivity index (χ2n) is 8.19. The molecule has 6 heteroatoms. The molecule has 5 rings (SSSR count). The van der Waals surface area contributed by atoms with Crippen LogP contribution < -0.4 is 0 Å². The molecule has 0 unspecified atom stereocenters. The molecule has 35 heavy (non-hydrogen) atoms. The SMILES string of the molecule is N#CC(=N[C@H](Cc1ccccc1)c1cccc2c1oc1ccccc12)c1ccc(C(F)(F)F)cc1. The summed E-state index contributed by atoms with van der Waals surface area (Å²) < 4.78 is 45.2. The molecule has 3 nitrogen and oxygen atoms in total. The highest BCUT2D eigenvalue weighted by atomic mass is 19.4. The molecule has 1 aromatic heterocycles. The third-order valence-corrected chi connectivity index (χ3v) is 5.94. The van der Waals surface area contributed by atoms with Crippen molar-refractivity contribution in [2.45, 2.75) is 18.6 Å². The van der Waals surface area contributed by atoms with E-state index >= 15 is 0 Å². The van der Waals surface area contributed by atoms with Crippen molar-refractivity contribution < 1.29 is 17.6 Å². The van der Waals surface area contributed by atoms with E-state index in [1.165, 1.54) is 12.1 Å². The molecule has 0 aliphatic heterocycles. The molecule has 4 aromatic carbocycles. The normalized spacial score (nSPS) is 13.1. The minimum atomic E-state index is -4.45. The number of rotatable bonds is 5. The predicted molar refractivity (Wildman–Crippen MR) is 130 cm³/mol. The highest BCUT2D eigenvalue weighted by molar-refractivity contribution is 6.12. The van der Waals surface area contributed by atoms with Gasteiger partial charge in [-0.15, -0.1) is 0 Å². The Morgan fingerprint density at radius 2 is 1.51 bits per heavy atom. The molecule has 0 aliphatic carbocycles. The van der Waals surface area contributed by atoms with Gasteiger partial charge in [-0.25, -0.2) is 0 Å². The number of nitrogens with zero attached hydrogens (tertiary/aromatic N) is 2. The van der Waals surface area contributed by atoms with Crippen LogP contribution in [-0.2, 0) is 12.6 Å². The van der Waals surface area contributed by atoms with E-state index in [1.54, 1.807) is 0 Å². The largest absolute Gasteiger partial charge is 0.456 e. The molecule has 0 bridgehead atoms. The lowest BCUT2D eigenvalue weighted by Crippen LogP contribution is -2.08. The quantitative estimate of drug-likeness (QED) is 0.246. The maximum absolute atomic E-state index is 13.0. The summed E-state index contributed by atoms with van der Waals surface area (Å²) in [5.41, 5.74) is 2.87. The Morgan fingerprint density at radius 1 is 0.829 bits per heavy atom. The van der Waals surface area contributed by atoms with Crippen LogP contribution in [0.4, 0.5) is 13.2 Å². The molecule has 0 N–H and O–H groups in total.